The van der Waals surface area contributed by atoms with Crippen LogP contribution in [0.15, 0.2) is 24.3 Å². The Morgan fingerprint density at radius 2 is 2.16 bits per heavy atom. The Morgan fingerprint density at radius 1 is 1.42 bits per heavy atom. The minimum atomic E-state index is 0.0314. The second-order valence-corrected chi connectivity index (χ2v) is 6.54. The van der Waals surface area contributed by atoms with E-state index in [-0.39, 0.29) is 5.91 Å². The Kier molecular flexibility index (Phi) is 5.63. The highest BCUT2D eigenvalue weighted by atomic mass is 127. The molecule has 1 saturated heterocycles. The van der Waals surface area contributed by atoms with Crippen LogP contribution in [0.25, 0.3) is 0 Å². The largest absolute Gasteiger partial charge is 0.351 e. The molecule has 0 radical (unpaired) electrons. The smallest absolute Gasteiger partial charge is 0.251 e. The van der Waals surface area contributed by atoms with Gasteiger partial charge in [0, 0.05) is 22.2 Å². The number of likely N-dealkylation sites (tertiary alicyclic amines) is 1. The number of hydrogen-bond acceptors (Lipinski definition) is 2. The summed E-state index contributed by atoms with van der Waals surface area (Å²) in [5.74, 6) is 0.890. The number of amides is 1. The molecule has 2 rings (SSSR count). The lowest BCUT2D eigenvalue weighted by molar-refractivity contribution is 0.0944. The molecule has 0 saturated carbocycles. The summed E-state index contributed by atoms with van der Waals surface area (Å²) >= 11 is 2.23. The number of hydrogen-bond donors (Lipinski definition) is 1. The van der Waals surface area contributed by atoms with Crippen molar-refractivity contribution in [3.8, 4) is 0 Å². The number of halogens is 1. The second-order valence-electron chi connectivity index (χ2n) is 5.29. The number of carbonyl (C=O) groups is 1. The van der Waals surface area contributed by atoms with Crippen molar-refractivity contribution >= 4 is 28.5 Å². The maximum atomic E-state index is 12.0. The van der Waals surface area contributed by atoms with Gasteiger partial charge in [-0.25, -0.2) is 0 Å². The summed E-state index contributed by atoms with van der Waals surface area (Å²) in [5.41, 5.74) is 0.749. The standard InChI is InChI=1S/C15H21IN2O/c1-12-5-8-18(9-6-12)10-7-17-15(19)13-3-2-4-14(16)11-13/h2-4,11-12H,5-10H2,1H3,(H,17,19). The van der Waals surface area contributed by atoms with Gasteiger partial charge in [0.25, 0.3) is 5.91 Å². The lowest BCUT2D eigenvalue weighted by Gasteiger charge is -2.30. The van der Waals surface area contributed by atoms with Crippen molar-refractivity contribution in [2.45, 2.75) is 19.8 Å². The summed E-state index contributed by atoms with van der Waals surface area (Å²) in [5, 5.41) is 3.00. The fourth-order valence-electron chi connectivity index (χ4n) is 2.34. The zero-order valence-electron chi connectivity index (χ0n) is 11.4. The van der Waals surface area contributed by atoms with Gasteiger partial charge in [-0.3, -0.25) is 4.79 Å². The number of benzene rings is 1. The molecule has 1 aliphatic heterocycles. The molecule has 0 aliphatic carbocycles. The lowest BCUT2D eigenvalue weighted by atomic mass is 9.99. The summed E-state index contributed by atoms with van der Waals surface area (Å²) in [6.45, 7) is 6.34. The van der Waals surface area contributed by atoms with Crippen LogP contribution >= 0.6 is 22.6 Å². The van der Waals surface area contributed by atoms with E-state index in [1.54, 1.807) is 0 Å². The molecule has 19 heavy (non-hydrogen) atoms. The highest BCUT2D eigenvalue weighted by Gasteiger charge is 2.15. The highest BCUT2D eigenvalue weighted by Crippen LogP contribution is 2.15. The third-order valence-corrected chi connectivity index (χ3v) is 4.35. The summed E-state index contributed by atoms with van der Waals surface area (Å²) < 4.78 is 1.09. The average Bonchev–Trinajstić information content (AvgIpc) is 2.41. The minimum Gasteiger partial charge on any atom is -0.351 e. The summed E-state index contributed by atoms with van der Waals surface area (Å²) in [6.07, 6.45) is 2.57. The molecule has 1 N–H and O–H groups in total. The molecule has 104 valence electrons. The van der Waals surface area contributed by atoms with E-state index < -0.39 is 0 Å². The Labute approximate surface area is 128 Å². The van der Waals surface area contributed by atoms with Crippen molar-refractivity contribution in [2.24, 2.45) is 5.92 Å². The van der Waals surface area contributed by atoms with Gasteiger partial charge in [-0.2, -0.15) is 0 Å². The molecule has 1 fully saturated rings. The van der Waals surface area contributed by atoms with Crippen LogP contribution in [0.4, 0.5) is 0 Å². The molecule has 0 aromatic heterocycles. The first-order valence-electron chi connectivity index (χ1n) is 6.91. The first-order valence-corrected chi connectivity index (χ1v) is 7.99. The van der Waals surface area contributed by atoms with Crippen LogP contribution in [-0.2, 0) is 0 Å². The third-order valence-electron chi connectivity index (χ3n) is 3.68. The average molecular weight is 372 g/mol. The fourth-order valence-corrected chi connectivity index (χ4v) is 2.89. The van der Waals surface area contributed by atoms with E-state index in [9.17, 15) is 4.79 Å². The normalized spacial score (nSPS) is 17.4. The Bertz CT molecular complexity index is 428. The van der Waals surface area contributed by atoms with E-state index in [1.165, 1.54) is 25.9 Å². The zero-order valence-corrected chi connectivity index (χ0v) is 13.5. The molecule has 0 unspecified atom stereocenters. The Morgan fingerprint density at radius 3 is 2.84 bits per heavy atom. The lowest BCUT2D eigenvalue weighted by Crippen LogP contribution is -2.39. The van der Waals surface area contributed by atoms with Crippen molar-refractivity contribution in [3.63, 3.8) is 0 Å². The van der Waals surface area contributed by atoms with Gasteiger partial charge in [-0.1, -0.05) is 13.0 Å². The van der Waals surface area contributed by atoms with Crippen molar-refractivity contribution in [1.29, 1.82) is 0 Å². The van der Waals surface area contributed by atoms with Gasteiger partial charge in [0.15, 0.2) is 0 Å². The van der Waals surface area contributed by atoms with E-state index in [2.05, 4.69) is 39.7 Å². The molecule has 4 heteroatoms. The fraction of sp³-hybridized carbons (Fsp3) is 0.533. The topological polar surface area (TPSA) is 32.3 Å². The van der Waals surface area contributed by atoms with E-state index in [0.717, 1.165) is 28.1 Å². The molecule has 1 aromatic carbocycles. The van der Waals surface area contributed by atoms with Crippen LogP contribution in [0.5, 0.6) is 0 Å². The van der Waals surface area contributed by atoms with Crippen LogP contribution in [0.1, 0.15) is 30.1 Å². The quantitative estimate of drug-likeness (QED) is 0.825. The van der Waals surface area contributed by atoms with Crippen LogP contribution in [0, 0.1) is 9.49 Å². The number of carbonyl (C=O) groups excluding carboxylic acids is 1. The van der Waals surface area contributed by atoms with E-state index in [4.69, 9.17) is 0 Å². The molecule has 1 amide bonds. The number of piperidine rings is 1. The van der Waals surface area contributed by atoms with E-state index in [1.807, 2.05) is 24.3 Å². The van der Waals surface area contributed by atoms with Crippen molar-refractivity contribution < 1.29 is 4.79 Å². The van der Waals surface area contributed by atoms with Gasteiger partial charge >= 0.3 is 0 Å². The Hall–Kier alpha value is -0.620. The Balaban J connectivity index is 1.72. The predicted molar refractivity (Wildman–Crippen MR) is 86.3 cm³/mol. The van der Waals surface area contributed by atoms with Gasteiger partial charge in [0.2, 0.25) is 0 Å². The third kappa shape index (κ3) is 4.76. The molecular formula is C15H21IN2O. The maximum Gasteiger partial charge on any atom is 0.251 e. The van der Waals surface area contributed by atoms with Gasteiger partial charge in [-0.05, 0) is 72.6 Å². The molecular weight excluding hydrogens is 351 g/mol. The summed E-state index contributed by atoms with van der Waals surface area (Å²) in [7, 11) is 0. The number of rotatable bonds is 4. The molecule has 1 aromatic rings. The van der Waals surface area contributed by atoms with Crippen LogP contribution in [-0.4, -0.2) is 37.0 Å². The second kappa shape index (κ2) is 7.24. The van der Waals surface area contributed by atoms with Crippen LogP contribution < -0.4 is 5.32 Å². The van der Waals surface area contributed by atoms with E-state index >= 15 is 0 Å². The summed E-state index contributed by atoms with van der Waals surface area (Å²) in [4.78, 5) is 14.4. The van der Waals surface area contributed by atoms with Crippen molar-refractivity contribution in [2.75, 3.05) is 26.2 Å². The zero-order chi connectivity index (χ0) is 13.7. The first kappa shape index (κ1) is 14.8. The van der Waals surface area contributed by atoms with Crippen molar-refractivity contribution in [1.82, 2.24) is 10.2 Å². The van der Waals surface area contributed by atoms with Gasteiger partial charge in [0.1, 0.15) is 0 Å². The molecule has 0 bridgehead atoms. The maximum absolute atomic E-state index is 12.0. The summed E-state index contributed by atoms with van der Waals surface area (Å²) in [6, 6.07) is 7.69. The highest BCUT2D eigenvalue weighted by molar-refractivity contribution is 14.1. The van der Waals surface area contributed by atoms with Crippen LogP contribution in [0.2, 0.25) is 0 Å². The van der Waals surface area contributed by atoms with E-state index in [0.29, 0.717) is 0 Å². The number of nitrogens with zero attached hydrogens (tertiary/aromatic N) is 1. The molecule has 0 spiro atoms. The molecule has 3 nitrogen and oxygen atoms in total. The molecule has 0 atom stereocenters. The molecule has 1 aliphatic rings. The van der Waals surface area contributed by atoms with Gasteiger partial charge in [-0.15, -0.1) is 0 Å². The SMILES string of the molecule is CC1CCN(CCNC(=O)c2cccc(I)c2)CC1. The monoisotopic (exact) mass is 372 g/mol. The van der Waals surface area contributed by atoms with Crippen LogP contribution in [0.3, 0.4) is 0 Å². The minimum absolute atomic E-state index is 0.0314. The number of nitrogens with one attached hydrogen (secondary N) is 1. The van der Waals surface area contributed by atoms with Crippen molar-refractivity contribution in [3.05, 3.63) is 33.4 Å². The van der Waals surface area contributed by atoms with Gasteiger partial charge < -0.3 is 10.2 Å². The molecule has 1 heterocycles. The van der Waals surface area contributed by atoms with Gasteiger partial charge in [0.05, 0.1) is 0 Å². The first-order chi connectivity index (χ1) is 9.15. The predicted octanol–water partition coefficient (Wildman–Crippen LogP) is 2.75.